The first kappa shape index (κ1) is 13.8. The number of hydrogen-bond donors (Lipinski definition) is 1. The smallest absolute Gasteiger partial charge is 0.119 e. The molecule has 1 aliphatic carbocycles. The highest BCUT2D eigenvalue weighted by Gasteiger charge is 2.32. The average molecular weight is 266 g/mol. The van der Waals surface area contributed by atoms with Crippen molar-refractivity contribution in [1.29, 1.82) is 0 Å². The van der Waals surface area contributed by atoms with E-state index < -0.39 is 0 Å². The van der Waals surface area contributed by atoms with Crippen molar-refractivity contribution in [1.82, 2.24) is 0 Å². The van der Waals surface area contributed by atoms with Gasteiger partial charge < -0.3 is 9.47 Å². The fourth-order valence-corrected chi connectivity index (χ4v) is 3.03. The maximum Gasteiger partial charge on any atom is 0.119 e. The molecule has 0 saturated heterocycles. The first-order valence-electron chi connectivity index (χ1n) is 6.60. The molecular weight excluding hydrogens is 244 g/mol. The Balaban J connectivity index is 1.84. The molecule has 0 unspecified atom stereocenters. The first-order chi connectivity index (χ1) is 8.78. The lowest BCUT2D eigenvalue weighted by atomic mass is 9.90. The third kappa shape index (κ3) is 3.42. The van der Waals surface area contributed by atoms with E-state index in [0.29, 0.717) is 12.0 Å². The van der Waals surface area contributed by atoms with Gasteiger partial charge in [0.25, 0.3) is 0 Å². The Morgan fingerprint density at radius 1 is 1.28 bits per heavy atom. The average Bonchev–Trinajstić information content (AvgIpc) is 2.88. The number of thiol groups is 1. The van der Waals surface area contributed by atoms with Crippen molar-refractivity contribution in [2.75, 3.05) is 19.5 Å². The summed E-state index contributed by atoms with van der Waals surface area (Å²) in [6, 6.07) is 8.06. The number of rotatable bonds is 6. The Hall–Kier alpha value is -0.670. The van der Waals surface area contributed by atoms with Gasteiger partial charge in [0, 0.05) is 5.41 Å². The molecule has 0 N–H and O–H groups in total. The second-order valence-corrected chi connectivity index (χ2v) is 5.53. The molecular formula is C15H22O2S. The first-order valence-corrected chi connectivity index (χ1v) is 7.23. The summed E-state index contributed by atoms with van der Waals surface area (Å²) in [4.78, 5) is 0. The van der Waals surface area contributed by atoms with Crippen LogP contribution >= 0.6 is 12.6 Å². The van der Waals surface area contributed by atoms with Gasteiger partial charge in [0.05, 0.1) is 20.3 Å². The Labute approximate surface area is 115 Å². The molecule has 18 heavy (non-hydrogen) atoms. The van der Waals surface area contributed by atoms with E-state index in [9.17, 15) is 0 Å². The van der Waals surface area contributed by atoms with E-state index in [1.54, 1.807) is 7.11 Å². The molecule has 0 aliphatic heterocycles. The highest BCUT2D eigenvalue weighted by Crippen LogP contribution is 2.39. The molecule has 0 radical (unpaired) electrons. The SMILES string of the molecule is COc1cccc(COCC2(CS)CCCC2)c1. The summed E-state index contributed by atoms with van der Waals surface area (Å²) >= 11 is 4.49. The normalized spacial score (nSPS) is 17.9. The minimum Gasteiger partial charge on any atom is -0.497 e. The van der Waals surface area contributed by atoms with E-state index in [1.807, 2.05) is 18.2 Å². The van der Waals surface area contributed by atoms with E-state index in [-0.39, 0.29) is 0 Å². The topological polar surface area (TPSA) is 18.5 Å². The minimum absolute atomic E-state index is 0.321. The molecule has 0 atom stereocenters. The summed E-state index contributed by atoms with van der Waals surface area (Å²) in [5.74, 6) is 1.83. The summed E-state index contributed by atoms with van der Waals surface area (Å²) in [6.07, 6.45) is 5.16. The highest BCUT2D eigenvalue weighted by atomic mass is 32.1. The van der Waals surface area contributed by atoms with Gasteiger partial charge in [0.1, 0.15) is 5.75 Å². The molecule has 0 aromatic heterocycles. The molecule has 0 bridgehead atoms. The van der Waals surface area contributed by atoms with Crippen LogP contribution in [0.4, 0.5) is 0 Å². The zero-order valence-electron chi connectivity index (χ0n) is 11.0. The second kappa shape index (κ2) is 6.48. The third-order valence-electron chi connectivity index (χ3n) is 3.81. The monoisotopic (exact) mass is 266 g/mol. The van der Waals surface area contributed by atoms with E-state index in [0.717, 1.165) is 18.1 Å². The van der Waals surface area contributed by atoms with Crippen molar-refractivity contribution in [3.63, 3.8) is 0 Å². The van der Waals surface area contributed by atoms with Gasteiger partial charge in [-0.15, -0.1) is 0 Å². The molecule has 1 aromatic carbocycles. The van der Waals surface area contributed by atoms with Gasteiger partial charge in [0.15, 0.2) is 0 Å². The van der Waals surface area contributed by atoms with Gasteiger partial charge in [-0.05, 0) is 36.3 Å². The molecule has 0 amide bonds. The lowest BCUT2D eigenvalue weighted by molar-refractivity contribution is 0.0482. The molecule has 0 heterocycles. The number of ether oxygens (including phenoxy) is 2. The summed E-state index contributed by atoms with van der Waals surface area (Å²) in [6.45, 7) is 1.49. The molecule has 1 aromatic rings. The maximum absolute atomic E-state index is 5.89. The largest absolute Gasteiger partial charge is 0.497 e. The zero-order chi connectivity index (χ0) is 12.8. The molecule has 1 saturated carbocycles. The second-order valence-electron chi connectivity index (χ2n) is 5.21. The number of hydrogen-bond acceptors (Lipinski definition) is 3. The summed E-state index contributed by atoms with van der Waals surface area (Å²) < 4.78 is 11.1. The van der Waals surface area contributed by atoms with E-state index in [1.165, 1.54) is 31.2 Å². The molecule has 2 rings (SSSR count). The lowest BCUT2D eigenvalue weighted by Gasteiger charge is -2.26. The van der Waals surface area contributed by atoms with Crippen LogP contribution in [0, 0.1) is 5.41 Å². The lowest BCUT2D eigenvalue weighted by Crippen LogP contribution is -2.25. The van der Waals surface area contributed by atoms with Crippen LogP contribution in [0.25, 0.3) is 0 Å². The van der Waals surface area contributed by atoms with Crippen LogP contribution < -0.4 is 4.74 Å². The van der Waals surface area contributed by atoms with Gasteiger partial charge >= 0.3 is 0 Å². The molecule has 1 fully saturated rings. The van der Waals surface area contributed by atoms with E-state index >= 15 is 0 Å². The van der Waals surface area contributed by atoms with Crippen molar-refractivity contribution in [2.45, 2.75) is 32.3 Å². The predicted octanol–water partition coefficient (Wildman–Crippen LogP) is 3.70. The molecule has 2 nitrogen and oxygen atoms in total. The van der Waals surface area contributed by atoms with Crippen LogP contribution in [0.15, 0.2) is 24.3 Å². The zero-order valence-corrected chi connectivity index (χ0v) is 11.9. The molecule has 100 valence electrons. The van der Waals surface area contributed by atoms with Gasteiger partial charge in [-0.3, -0.25) is 0 Å². The quantitative estimate of drug-likeness (QED) is 0.791. The van der Waals surface area contributed by atoms with Crippen LogP contribution in [0.5, 0.6) is 5.75 Å². The van der Waals surface area contributed by atoms with Crippen LogP contribution in [0.1, 0.15) is 31.2 Å². The van der Waals surface area contributed by atoms with Crippen molar-refractivity contribution in [3.8, 4) is 5.75 Å². The maximum atomic E-state index is 5.89. The Morgan fingerprint density at radius 3 is 2.72 bits per heavy atom. The van der Waals surface area contributed by atoms with Crippen molar-refractivity contribution in [2.24, 2.45) is 5.41 Å². The Kier molecular flexibility index (Phi) is 4.95. The van der Waals surface area contributed by atoms with E-state index in [2.05, 4.69) is 18.7 Å². The number of benzene rings is 1. The summed E-state index contributed by atoms with van der Waals surface area (Å²) in [5.41, 5.74) is 1.49. The summed E-state index contributed by atoms with van der Waals surface area (Å²) in [5, 5.41) is 0. The highest BCUT2D eigenvalue weighted by molar-refractivity contribution is 7.80. The van der Waals surface area contributed by atoms with E-state index in [4.69, 9.17) is 9.47 Å². The third-order valence-corrected chi connectivity index (χ3v) is 4.48. The molecule has 0 spiro atoms. The fraction of sp³-hybridized carbons (Fsp3) is 0.600. The molecule has 1 aliphatic rings. The van der Waals surface area contributed by atoms with Crippen LogP contribution in [0.2, 0.25) is 0 Å². The predicted molar refractivity (Wildman–Crippen MR) is 77.4 cm³/mol. The van der Waals surface area contributed by atoms with Crippen LogP contribution in [0.3, 0.4) is 0 Å². The van der Waals surface area contributed by atoms with Crippen LogP contribution in [-0.2, 0) is 11.3 Å². The van der Waals surface area contributed by atoms with Crippen molar-refractivity contribution in [3.05, 3.63) is 29.8 Å². The van der Waals surface area contributed by atoms with Gasteiger partial charge in [-0.2, -0.15) is 12.6 Å². The summed E-state index contributed by atoms with van der Waals surface area (Å²) in [7, 11) is 1.69. The standard InChI is InChI=1S/C15H22O2S/c1-16-14-6-4-5-13(9-14)10-17-11-15(12-18)7-2-3-8-15/h4-6,9,18H,2-3,7-8,10-12H2,1H3. The Morgan fingerprint density at radius 2 is 2.06 bits per heavy atom. The number of methoxy groups -OCH3 is 1. The fourth-order valence-electron chi connectivity index (χ4n) is 2.62. The van der Waals surface area contributed by atoms with Gasteiger partial charge in [0.2, 0.25) is 0 Å². The van der Waals surface area contributed by atoms with Crippen molar-refractivity contribution >= 4 is 12.6 Å². The molecule has 3 heteroatoms. The minimum atomic E-state index is 0.321. The van der Waals surface area contributed by atoms with Gasteiger partial charge in [-0.1, -0.05) is 25.0 Å². The van der Waals surface area contributed by atoms with Crippen molar-refractivity contribution < 1.29 is 9.47 Å². The van der Waals surface area contributed by atoms with Gasteiger partial charge in [-0.25, -0.2) is 0 Å². The Bertz CT molecular complexity index is 373. The van der Waals surface area contributed by atoms with Crippen LogP contribution in [-0.4, -0.2) is 19.5 Å².